The number of para-hydroxylation sites is 1. The zero-order chi connectivity index (χ0) is 18.4. The summed E-state index contributed by atoms with van der Waals surface area (Å²) in [5.74, 6) is 5.56. The molecule has 130 valence electrons. The number of hydrogen-bond acceptors (Lipinski definition) is 5. The summed E-state index contributed by atoms with van der Waals surface area (Å²) in [5.41, 5.74) is 1.49. The van der Waals surface area contributed by atoms with Crippen LogP contribution >= 0.6 is 0 Å². The normalized spacial score (nSPS) is 10.0. The molecule has 0 spiro atoms. The van der Waals surface area contributed by atoms with Gasteiger partial charge in [0.05, 0.1) is 11.5 Å². The molecule has 0 fully saturated rings. The number of nitrogens with one attached hydrogen (secondary N) is 2. The summed E-state index contributed by atoms with van der Waals surface area (Å²) in [6, 6.07) is 14.0. The van der Waals surface area contributed by atoms with E-state index in [0.29, 0.717) is 11.1 Å². The van der Waals surface area contributed by atoms with E-state index in [9.17, 15) is 14.9 Å². The molecule has 3 aromatic rings. The van der Waals surface area contributed by atoms with E-state index in [1.165, 1.54) is 6.07 Å². The largest absolute Gasteiger partial charge is 0.445 e. The van der Waals surface area contributed by atoms with Gasteiger partial charge in [-0.05, 0) is 17.6 Å². The number of aromatic amines is 1. The molecule has 1 amide bonds. The Hall–Kier alpha value is -3.86. The fraction of sp³-hybridized carbons (Fsp3) is 0.111. The average molecular weight is 350 g/mol. The van der Waals surface area contributed by atoms with E-state index < -0.39 is 11.0 Å². The van der Waals surface area contributed by atoms with Crippen LogP contribution in [0, 0.1) is 22.0 Å². The Balaban J connectivity index is 1.57. The van der Waals surface area contributed by atoms with Crippen LogP contribution in [0.4, 0.5) is 10.5 Å². The molecule has 0 saturated heterocycles. The lowest BCUT2D eigenvalue weighted by Crippen LogP contribution is -2.24. The quantitative estimate of drug-likeness (QED) is 0.427. The monoisotopic (exact) mass is 350 g/mol. The Morgan fingerprint density at radius 2 is 2.04 bits per heavy atom. The van der Waals surface area contributed by atoms with Crippen molar-refractivity contribution in [3.8, 4) is 11.8 Å². The van der Waals surface area contributed by atoms with Crippen molar-refractivity contribution in [2.45, 2.75) is 6.61 Å². The number of nitro benzene ring substituents is 1. The maximum Gasteiger partial charge on any atom is 0.408 e. The van der Waals surface area contributed by atoms with Crippen molar-refractivity contribution in [1.82, 2.24) is 15.5 Å². The topological polar surface area (TPSA) is 110 Å². The highest BCUT2D eigenvalue weighted by molar-refractivity contribution is 5.90. The minimum atomic E-state index is -0.576. The predicted molar refractivity (Wildman–Crippen MR) is 94.3 cm³/mol. The average Bonchev–Trinajstić information content (AvgIpc) is 3.07. The summed E-state index contributed by atoms with van der Waals surface area (Å²) in [7, 11) is 0. The number of hydrogen-bond donors (Lipinski definition) is 2. The van der Waals surface area contributed by atoms with Gasteiger partial charge in [0.15, 0.2) is 5.52 Å². The van der Waals surface area contributed by atoms with Crippen LogP contribution < -0.4 is 5.32 Å². The third-order valence-corrected chi connectivity index (χ3v) is 3.51. The van der Waals surface area contributed by atoms with Gasteiger partial charge in [0.2, 0.25) is 0 Å². The molecule has 2 aromatic carbocycles. The van der Waals surface area contributed by atoms with Gasteiger partial charge in [0.1, 0.15) is 12.3 Å². The Morgan fingerprint density at radius 3 is 2.81 bits per heavy atom. The fourth-order valence-electron chi connectivity index (χ4n) is 2.29. The molecule has 0 unspecified atom stereocenters. The van der Waals surface area contributed by atoms with Crippen molar-refractivity contribution in [1.29, 1.82) is 0 Å². The van der Waals surface area contributed by atoms with E-state index in [0.717, 1.165) is 5.56 Å². The number of nitro groups is 1. The predicted octanol–water partition coefficient (Wildman–Crippen LogP) is 2.75. The molecule has 26 heavy (non-hydrogen) atoms. The lowest BCUT2D eigenvalue weighted by Gasteiger charge is -2.04. The molecule has 2 N–H and O–H groups in total. The third kappa shape index (κ3) is 3.96. The zero-order valence-corrected chi connectivity index (χ0v) is 13.6. The summed E-state index contributed by atoms with van der Waals surface area (Å²) in [6.07, 6.45) is -0.576. The second kappa shape index (κ2) is 7.81. The van der Waals surface area contributed by atoms with Crippen molar-refractivity contribution >= 4 is 22.7 Å². The summed E-state index contributed by atoms with van der Waals surface area (Å²) >= 11 is 0. The molecule has 0 aliphatic rings. The standard InChI is InChI=1S/C18H14N4O4/c23-18(26-12-13-6-2-1-3-7-13)19-11-5-9-15-14-8-4-10-16(22(24)25)17(14)21-20-15/h1-4,6-8,10H,11-12H2,(H,19,23)(H,20,21). The summed E-state index contributed by atoms with van der Waals surface area (Å²) < 4.78 is 5.06. The van der Waals surface area contributed by atoms with Crippen LogP contribution in [0.1, 0.15) is 11.3 Å². The van der Waals surface area contributed by atoms with E-state index in [1.54, 1.807) is 12.1 Å². The number of benzene rings is 2. The number of aromatic nitrogens is 2. The minimum Gasteiger partial charge on any atom is -0.445 e. The number of H-pyrrole nitrogens is 1. The summed E-state index contributed by atoms with van der Waals surface area (Å²) in [4.78, 5) is 22.1. The molecular weight excluding hydrogens is 336 g/mol. The van der Waals surface area contributed by atoms with Crippen molar-refractivity contribution in [2.75, 3.05) is 6.54 Å². The van der Waals surface area contributed by atoms with Crippen LogP contribution in [0.25, 0.3) is 10.9 Å². The number of nitrogens with zero attached hydrogens (tertiary/aromatic N) is 2. The van der Waals surface area contributed by atoms with Gasteiger partial charge in [-0.15, -0.1) is 0 Å². The highest BCUT2D eigenvalue weighted by Crippen LogP contribution is 2.24. The Labute approximate surface area is 148 Å². The molecule has 3 rings (SSSR count). The van der Waals surface area contributed by atoms with Gasteiger partial charge in [-0.2, -0.15) is 5.10 Å². The van der Waals surface area contributed by atoms with Crippen molar-refractivity contribution < 1.29 is 14.5 Å². The van der Waals surface area contributed by atoms with E-state index in [2.05, 4.69) is 27.4 Å². The number of ether oxygens (including phenoxy) is 1. The lowest BCUT2D eigenvalue weighted by molar-refractivity contribution is -0.383. The maximum atomic E-state index is 11.6. The van der Waals surface area contributed by atoms with E-state index in [1.807, 2.05) is 30.3 Å². The van der Waals surface area contributed by atoms with E-state index in [4.69, 9.17) is 4.74 Å². The van der Waals surface area contributed by atoms with Crippen LogP contribution in [0.5, 0.6) is 0 Å². The van der Waals surface area contributed by atoms with Gasteiger partial charge < -0.3 is 10.1 Å². The second-order valence-corrected chi connectivity index (χ2v) is 5.25. The van der Waals surface area contributed by atoms with Crippen molar-refractivity contribution in [2.24, 2.45) is 0 Å². The number of rotatable bonds is 4. The molecule has 0 aliphatic carbocycles. The first-order valence-corrected chi connectivity index (χ1v) is 7.70. The van der Waals surface area contributed by atoms with E-state index >= 15 is 0 Å². The smallest absolute Gasteiger partial charge is 0.408 e. The molecule has 8 heteroatoms. The van der Waals surface area contributed by atoms with Crippen LogP contribution in [0.15, 0.2) is 48.5 Å². The van der Waals surface area contributed by atoms with Crippen molar-refractivity contribution in [3.05, 3.63) is 69.9 Å². The van der Waals surface area contributed by atoms with Crippen LogP contribution in [-0.4, -0.2) is 27.8 Å². The number of alkyl carbamates (subject to hydrolysis) is 1. The zero-order valence-electron chi connectivity index (χ0n) is 13.6. The van der Waals surface area contributed by atoms with Gasteiger partial charge in [0.25, 0.3) is 5.69 Å². The van der Waals surface area contributed by atoms with Gasteiger partial charge >= 0.3 is 6.09 Å². The number of amides is 1. The van der Waals surface area contributed by atoms with E-state index in [-0.39, 0.29) is 24.4 Å². The number of carbonyl (C=O) groups is 1. The van der Waals surface area contributed by atoms with Gasteiger partial charge in [-0.25, -0.2) is 4.79 Å². The molecule has 8 nitrogen and oxygen atoms in total. The highest BCUT2D eigenvalue weighted by Gasteiger charge is 2.15. The molecule has 0 bridgehead atoms. The van der Waals surface area contributed by atoms with Gasteiger partial charge in [-0.1, -0.05) is 42.3 Å². The Bertz CT molecular complexity index is 1000. The molecule has 0 radical (unpaired) electrons. The van der Waals surface area contributed by atoms with Crippen LogP contribution in [-0.2, 0) is 11.3 Å². The first-order chi connectivity index (χ1) is 12.6. The maximum absolute atomic E-state index is 11.6. The van der Waals surface area contributed by atoms with Crippen molar-refractivity contribution in [3.63, 3.8) is 0 Å². The highest BCUT2D eigenvalue weighted by atomic mass is 16.6. The molecule has 0 saturated carbocycles. The third-order valence-electron chi connectivity index (χ3n) is 3.51. The number of fused-ring (bicyclic) bond motifs is 1. The SMILES string of the molecule is O=C(NCC#Cc1[nH]nc2c([N+](=O)[O-])cccc12)OCc1ccccc1. The second-order valence-electron chi connectivity index (χ2n) is 5.25. The number of carbonyl (C=O) groups excluding carboxylic acids is 1. The van der Waals surface area contributed by atoms with Gasteiger partial charge in [-0.3, -0.25) is 15.2 Å². The minimum absolute atomic E-state index is 0.0725. The lowest BCUT2D eigenvalue weighted by atomic mass is 10.2. The Morgan fingerprint density at radius 1 is 1.23 bits per heavy atom. The van der Waals surface area contributed by atoms with Gasteiger partial charge in [0, 0.05) is 11.5 Å². The fourth-order valence-corrected chi connectivity index (χ4v) is 2.29. The Kier molecular flexibility index (Phi) is 5.10. The first-order valence-electron chi connectivity index (χ1n) is 7.70. The first kappa shape index (κ1) is 17.0. The summed E-state index contributed by atoms with van der Waals surface area (Å²) in [6.45, 7) is 0.248. The van der Waals surface area contributed by atoms with Crippen LogP contribution in [0.2, 0.25) is 0 Å². The number of non-ortho nitro benzene ring substituents is 1. The van der Waals surface area contributed by atoms with Crippen LogP contribution in [0.3, 0.4) is 0 Å². The molecule has 0 atom stereocenters. The summed E-state index contributed by atoms with van der Waals surface area (Å²) in [5, 5.41) is 20.7. The molecule has 1 aromatic heterocycles. The molecule has 1 heterocycles. The molecular formula is C18H14N4O4. The molecule has 0 aliphatic heterocycles.